The van der Waals surface area contributed by atoms with Gasteiger partial charge in [0.25, 0.3) is 0 Å². The lowest BCUT2D eigenvalue weighted by molar-refractivity contribution is 0.0692. The van der Waals surface area contributed by atoms with Crippen LogP contribution < -0.4 is 4.74 Å². The highest BCUT2D eigenvalue weighted by atomic mass is 32.1. The van der Waals surface area contributed by atoms with E-state index in [1.54, 1.807) is 30.1 Å². The molecule has 0 amide bonds. The van der Waals surface area contributed by atoms with Crippen LogP contribution in [0.3, 0.4) is 0 Å². The van der Waals surface area contributed by atoms with Crippen molar-refractivity contribution >= 4 is 22.1 Å². The molecule has 4 heterocycles. The van der Waals surface area contributed by atoms with Crippen molar-refractivity contribution < 1.29 is 19.7 Å². The minimum absolute atomic E-state index is 0.0106. The van der Waals surface area contributed by atoms with Crippen LogP contribution in [0.25, 0.3) is 10.5 Å². The Morgan fingerprint density at radius 3 is 2.93 bits per heavy atom. The lowest BCUT2D eigenvalue weighted by Gasteiger charge is -2.09. The molecule has 5 rings (SSSR count). The third kappa shape index (κ3) is 2.95. The third-order valence-electron chi connectivity index (χ3n) is 4.85. The van der Waals surface area contributed by atoms with Gasteiger partial charge in [-0.3, -0.25) is 4.40 Å². The summed E-state index contributed by atoms with van der Waals surface area (Å²) in [6.45, 7) is 0. The van der Waals surface area contributed by atoms with E-state index in [1.807, 2.05) is 4.40 Å². The number of ether oxygens (including phenoxy) is 1. The van der Waals surface area contributed by atoms with E-state index in [4.69, 9.17) is 4.74 Å². The highest BCUT2D eigenvalue weighted by Crippen LogP contribution is 2.47. The number of aliphatic hydroxyl groups is 1. The molecule has 2 N–H and O–H groups in total. The van der Waals surface area contributed by atoms with Crippen LogP contribution in [0.1, 0.15) is 51.5 Å². The van der Waals surface area contributed by atoms with Crippen molar-refractivity contribution in [1.82, 2.24) is 29.4 Å². The van der Waals surface area contributed by atoms with E-state index in [0.29, 0.717) is 17.3 Å². The van der Waals surface area contributed by atoms with Crippen molar-refractivity contribution in [3.05, 3.63) is 52.8 Å². The number of methoxy groups -OCH3 is 1. The smallest absolute Gasteiger partial charge is 0.341 e. The van der Waals surface area contributed by atoms with Gasteiger partial charge < -0.3 is 14.9 Å². The Morgan fingerprint density at radius 1 is 1.38 bits per heavy atom. The molecule has 1 unspecified atom stereocenters. The highest BCUT2D eigenvalue weighted by molar-refractivity contribution is 7.17. The predicted octanol–water partition coefficient (Wildman–Crippen LogP) is 2.04. The van der Waals surface area contributed by atoms with Crippen molar-refractivity contribution in [3.8, 4) is 11.6 Å². The van der Waals surface area contributed by atoms with Gasteiger partial charge in [-0.05, 0) is 24.8 Å². The quantitative estimate of drug-likeness (QED) is 0.492. The Bertz CT molecular complexity index is 1220. The first-order valence-corrected chi connectivity index (χ1v) is 9.71. The molecule has 11 heteroatoms. The van der Waals surface area contributed by atoms with E-state index in [1.165, 1.54) is 24.1 Å². The van der Waals surface area contributed by atoms with Crippen LogP contribution in [0.2, 0.25) is 0 Å². The average molecular weight is 412 g/mol. The summed E-state index contributed by atoms with van der Waals surface area (Å²) in [7, 11) is 1.35. The lowest BCUT2D eigenvalue weighted by atomic mass is 10.1. The van der Waals surface area contributed by atoms with E-state index in [2.05, 4.69) is 20.3 Å². The number of carboxylic acids is 1. The Balaban J connectivity index is 1.52. The Kier molecular flexibility index (Phi) is 4.07. The second-order valence-corrected chi connectivity index (χ2v) is 7.84. The zero-order valence-electron chi connectivity index (χ0n) is 15.3. The average Bonchev–Trinajstić information content (AvgIpc) is 3.14. The molecular weight excluding hydrogens is 396 g/mol. The first kappa shape index (κ1) is 17.8. The summed E-state index contributed by atoms with van der Waals surface area (Å²) in [6, 6.07) is 1.40. The summed E-state index contributed by atoms with van der Waals surface area (Å²) >= 11 is 1.63. The number of carbonyl (C=O) groups is 1. The molecule has 0 radical (unpaired) electrons. The number of hydrogen-bond donors (Lipinski definition) is 2. The highest BCUT2D eigenvalue weighted by Gasteiger charge is 2.33. The minimum atomic E-state index is -1.16. The number of rotatable bonds is 6. The summed E-state index contributed by atoms with van der Waals surface area (Å²) in [4.78, 5) is 21.7. The fourth-order valence-electron chi connectivity index (χ4n) is 3.28. The molecule has 1 atom stereocenters. The molecule has 0 aliphatic heterocycles. The fourth-order valence-corrected chi connectivity index (χ4v) is 4.58. The van der Waals surface area contributed by atoms with Gasteiger partial charge in [-0.1, -0.05) is 5.21 Å². The lowest BCUT2D eigenvalue weighted by Crippen LogP contribution is -2.06. The third-order valence-corrected chi connectivity index (χ3v) is 6.13. The number of hydrogen-bond acceptors (Lipinski definition) is 8. The van der Waals surface area contributed by atoms with Gasteiger partial charge in [-0.25, -0.2) is 19.4 Å². The summed E-state index contributed by atoms with van der Waals surface area (Å²) in [5.74, 6) is -0.689. The van der Waals surface area contributed by atoms with E-state index >= 15 is 0 Å². The van der Waals surface area contributed by atoms with Crippen molar-refractivity contribution in [2.45, 2.75) is 24.9 Å². The SMILES string of the molecule is COc1ncc(-n2cc(C(O)c3c(C4CC4)sc4cncn34)nn2)cc1C(=O)O. The zero-order valence-corrected chi connectivity index (χ0v) is 16.1. The van der Waals surface area contributed by atoms with Crippen LogP contribution >= 0.6 is 11.3 Å². The number of nitrogens with zero attached hydrogens (tertiary/aromatic N) is 6. The molecule has 1 saturated carbocycles. The van der Waals surface area contributed by atoms with Crippen LogP contribution in [0.4, 0.5) is 0 Å². The van der Waals surface area contributed by atoms with Crippen molar-refractivity contribution in [1.29, 1.82) is 0 Å². The maximum absolute atomic E-state index is 11.4. The number of pyridine rings is 1. The van der Waals surface area contributed by atoms with Gasteiger partial charge in [0.2, 0.25) is 5.88 Å². The van der Waals surface area contributed by atoms with Crippen LogP contribution in [-0.2, 0) is 0 Å². The number of thiazole rings is 1. The molecule has 1 aliphatic carbocycles. The number of carboxylic acid groups (broad SMARTS) is 1. The number of fused-ring (bicyclic) bond motifs is 1. The maximum atomic E-state index is 11.4. The van der Waals surface area contributed by atoms with E-state index in [-0.39, 0.29) is 11.4 Å². The van der Waals surface area contributed by atoms with Gasteiger partial charge >= 0.3 is 5.97 Å². The largest absolute Gasteiger partial charge is 0.480 e. The first-order valence-electron chi connectivity index (χ1n) is 8.89. The molecule has 4 aromatic rings. The standard InChI is InChI=1S/C18H16N6O4S/c1-28-17-11(18(26)27)4-10(5-20-17)24-7-12(21-22-24)15(25)14-16(9-2-3-9)29-13-6-19-8-23(13)14/h4-9,15,25H,2-3H2,1H3,(H,26,27). The van der Waals surface area contributed by atoms with Gasteiger partial charge in [-0.15, -0.1) is 16.4 Å². The Morgan fingerprint density at radius 2 is 2.21 bits per heavy atom. The molecule has 4 aromatic heterocycles. The maximum Gasteiger partial charge on any atom is 0.341 e. The van der Waals surface area contributed by atoms with Crippen molar-refractivity contribution in [2.24, 2.45) is 0 Å². The summed E-state index contributed by atoms with van der Waals surface area (Å²) in [5.41, 5.74) is 1.43. The van der Waals surface area contributed by atoms with Crippen molar-refractivity contribution in [3.63, 3.8) is 0 Å². The van der Waals surface area contributed by atoms with Gasteiger partial charge in [0.1, 0.15) is 28.5 Å². The Hall–Kier alpha value is -3.31. The topological polar surface area (TPSA) is 128 Å². The molecule has 0 bridgehead atoms. The molecular formula is C18H16N6O4S. The van der Waals surface area contributed by atoms with Crippen molar-refractivity contribution in [2.75, 3.05) is 7.11 Å². The molecule has 10 nitrogen and oxygen atoms in total. The van der Waals surface area contributed by atoms with Crippen LogP contribution in [0.15, 0.2) is 31.0 Å². The number of aliphatic hydroxyl groups excluding tert-OH is 1. The fraction of sp³-hybridized carbons (Fsp3) is 0.278. The predicted molar refractivity (Wildman–Crippen MR) is 102 cm³/mol. The summed E-state index contributed by atoms with van der Waals surface area (Å²) < 4.78 is 8.25. The molecule has 148 valence electrons. The molecule has 29 heavy (non-hydrogen) atoms. The van der Waals surface area contributed by atoms with Crippen LogP contribution in [-0.4, -0.2) is 52.7 Å². The van der Waals surface area contributed by atoms with Gasteiger partial charge in [0.05, 0.1) is 37.1 Å². The van der Waals surface area contributed by atoms with E-state index < -0.39 is 12.1 Å². The monoisotopic (exact) mass is 412 g/mol. The number of imidazole rings is 1. The number of aromatic nitrogens is 6. The summed E-state index contributed by atoms with van der Waals surface area (Å²) in [5, 5.41) is 28.5. The second-order valence-electron chi connectivity index (χ2n) is 6.77. The van der Waals surface area contributed by atoms with Gasteiger partial charge in [0, 0.05) is 4.88 Å². The second kappa shape index (κ2) is 6.64. The summed E-state index contributed by atoms with van der Waals surface area (Å²) in [6.07, 6.45) is 7.71. The molecule has 0 saturated heterocycles. The Labute approximate surface area is 168 Å². The molecule has 0 aromatic carbocycles. The normalized spacial score (nSPS) is 15.0. The zero-order chi connectivity index (χ0) is 20.1. The minimum Gasteiger partial charge on any atom is -0.480 e. The molecule has 0 spiro atoms. The van der Waals surface area contributed by atoms with Gasteiger partial charge in [0.15, 0.2) is 0 Å². The first-order chi connectivity index (χ1) is 14.1. The van der Waals surface area contributed by atoms with Crippen LogP contribution in [0.5, 0.6) is 5.88 Å². The van der Waals surface area contributed by atoms with E-state index in [0.717, 1.165) is 28.2 Å². The molecule has 1 fully saturated rings. The van der Waals surface area contributed by atoms with Gasteiger partial charge in [-0.2, -0.15) is 0 Å². The molecule has 1 aliphatic rings. The van der Waals surface area contributed by atoms with E-state index in [9.17, 15) is 15.0 Å². The number of aromatic carboxylic acids is 1. The van der Waals surface area contributed by atoms with Crippen LogP contribution in [0, 0.1) is 0 Å².